The standard InChI is InChI=1S/C14H25N3O2/c1-9-7-14(8-9,12(15)16-19)13(18)17-10(2)5-4-6-11(17)3/h9-11,19H,4-8H2,1-3H3,(H2,15,16). The molecular weight excluding hydrogens is 242 g/mol. The van der Waals surface area contributed by atoms with Gasteiger partial charge in [-0.1, -0.05) is 12.1 Å². The van der Waals surface area contributed by atoms with Gasteiger partial charge in [-0.3, -0.25) is 4.79 Å². The van der Waals surface area contributed by atoms with E-state index in [0.29, 0.717) is 18.8 Å². The predicted octanol–water partition coefficient (Wildman–Crippen LogP) is 1.94. The van der Waals surface area contributed by atoms with Crippen molar-refractivity contribution in [2.45, 2.75) is 65.0 Å². The van der Waals surface area contributed by atoms with Gasteiger partial charge < -0.3 is 15.8 Å². The number of amidine groups is 1. The minimum atomic E-state index is -0.756. The highest BCUT2D eigenvalue weighted by atomic mass is 16.4. The molecule has 1 saturated carbocycles. The van der Waals surface area contributed by atoms with Crippen LogP contribution < -0.4 is 5.73 Å². The zero-order chi connectivity index (χ0) is 14.2. The van der Waals surface area contributed by atoms with Gasteiger partial charge in [0, 0.05) is 12.1 Å². The molecule has 0 aromatic carbocycles. The number of carbonyl (C=O) groups is 1. The zero-order valence-electron chi connectivity index (χ0n) is 12.1. The van der Waals surface area contributed by atoms with Crippen LogP contribution in [0, 0.1) is 11.3 Å². The lowest BCUT2D eigenvalue weighted by molar-refractivity contribution is -0.150. The molecule has 0 spiro atoms. The summed E-state index contributed by atoms with van der Waals surface area (Å²) in [6.07, 6.45) is 4.63. The van der Waals surface area contributed by atoms with E-state index < -0.39 is 5.41 Å². The Labute approximate surface area is 114 Å². The lowest BCUT2D eigenvalue weighted by Crippen LogP contribution is -2.61. The Balaban J connectivity index is 2.25. The molecule has 108 valence electrons. The summed E-state index contributed by atoms with van der Waals surface area (Å²) in [5.41, 5.74) is 5.07. The molecule has 1 aliphatic carbocycles. The lowest BCUT2D eigenvalue weighted by Gasteiger charge is -2.50. The molecule has 0 aromatic rings. The van der Waals surface area contributed by atoms with Crippen molar-refractivity contribution in [1.29, 1.82) is 0 Å². The average Bonchev–Trinajstić information content (AvgIpc) is 2.33. The van der Waals surface area contributed by atoms with E-state index in [2.05, 4.69) is 25.9 Å². The van der Waals surface area contributed by atoms with Crippen molar-refractivity contribution < 1.29 is 10.0 Å². The summed E-state index contributed by atoms with van der Waals surface area (Å²) in [4.78, 5) is 14.9. The van der Waals surface area contributed by atoms with Crippen molar-refractivity contribution in [3.05, 3.63) is 0 Å². The summed E-state index contributed by atoms with van der Waals surface area (Å²) < 4.78 is 0. The second-order valence-electron chi connectivity index (χ2n) is 6.42. The number of amides is 1. The molecule has 5 nitrogen and oxygen atoms in total. The third-order valence-corrected chi connectivity index (χ3v) is 4.83. The molecule has 1 saturated heterocycles. The highest BCUT2D eigenvalue weighted by molar-refractivity contribution is 6.07. The van der Waals surface area contributed by atoms with E-state index in [4.69, 9.17) is 10.9 Å². The van der Waals surface area contributed by atoms with E-state index in [1.807, 2.05) is 4.90 Å². The maximum absolute atomic E-state index is 12.9. The number of hydrogen-bond donors (Lipinski definition) is 2. The number of rotatable bonds is 2. The molecule has 1 heterocycles. The molecule has 2 aliphatic rings. The van der Waals surface area contributed by atoms with Gasteiger partial charge in [0.05, 0.1) is 0 Å². The van der Waals surface area contributed by atoms with E-state index in [1.54, 1.807) is 0 Å². The monoisotopic (exact) mass is 267 g/mol. The first-order valence-electron chi connectivity index (χ1n) is 7.23. The fraction of sp³-hybridized carbons (Fsp3) is 0.857. The highest BCUT2D eigenvalue weighted by Gasteiger charge is 2.55. The molecule has 1 aliphatic heterocycles. The first kappa shape index (κ1) is 14.2. The summed E-state index contributed by atoms with van der Waals surface area (Å²) in [5.74, 6) is 0.598. The molecule has 3 N–H and O–H groups in total. The van der Waals surface area contributed by atoms with E-state index >= 15 is 0 Å². The van der Waals surface area contributed by atoms with Crippen LogP contribution in [0.1, 0.15) is 52.9 Å². The van der Waals surface area contributed by atoms with Gasteiger partial charge in [0.1, 0.15) is 5.41 Å². The van der Waals surface area contributed by atoms with E-state index in [1.165, 1.54) is 6.42 Å². The minimum absolute atomic E-state index is 0.0561. The van der Waals surface area contributed by atoms with Crippen LogP contribution >= 0.6 is 0 Å². The molecular formula is C14H25N3O2. The smallest absolute Gasteiger partial charge is 0.237 e. The minimum Gasteiger partial charge on any atom is -0.409 e. The summed E-state index contributed by atoms with van der Waals surface area (Å²) >= 11 is 0. The van der Waals surface area contributed by atoms with Crippen LogP contribution in [0.15, 0.2) is 5.16 Å². The summed E-state index contributed by atoms with van der Waals surface area (Å²) in [5, 5.41) is 12.1. The number of oxime groups is 1. The van der Waals surface area contributed by atoms with Crippen LogP contribution in [-0.2, 0) is 4.79 Å². The number of carbonyl (C=O) groups excluding carboxylic acids is 1. The van der Waals surface area contributed by atoms with Gasteiger partial charge in [-0.25, -0.2) is 0 Å². The van der Waals surface area contributed by atoms with Crippen LogP contribution in [0.2, 0.25) is 0 Å². The van der Waals surface area contributed by atoms with E-state index in [9.17, 15) is 4.79 Å². The SMILES string of the molecule is CC1CC(C(=O)N2C(C)CCCC2C)(C(N)=NO)C1. The second-order valence-corrected chi connectivity index (χ2v) is 6.42. The summed E-state index contributed by atoms with van der Waals surface area (Å²) in [6.45, 7) is 6.28. The Bertz CT molecular complexity index is 378. The van der Waals surface area contributed by atoms with Crippen molar-refractivity contribution in [3.63, 3.8) is 0 Å². The second kappa shape index (κ2) is 5.02. The molecule has 2 unspecified atom stereocenters. The lowest BCUT2D eigenvalue weighted by atomic mass is 9.60. The summed E-state index contributed by atoms with van der Waals surface area (Å²) in [7, 11) is 0. The maximum atomic E-state index is 12.9. The predicted molar refractivity (Wildman–Crippen MR) is 73.9 cm³/mol. The quantitative estimate of drug-likeness (QED) is 0.347. The van der Waals surface area contributed by atoms with E-state index in [-0.39, 0.29) is 23.8 Å². The maximum Gasteiger partial charge on any atom is 0.237 e. The highest BCUT2D eigenvalue weighted by Crippen LogP contribution is 2.48. The average molecular weight is 267 g/mol. The third-order valence-electron chi connectivity index (χ3n) is 4.83. The fourth-order valence-corrected chi connectivity index (χ4v) is 3.79. The van der Waals surface area contributed by atoms with Crippen LogP contribution in [0.25, 0.3) is 0 Å². The Hall–Kier alpha value is -1.26. The number of piperidine rings is 1. The number of nitrogens with zero attached hydrogens (tertiary/aromatic N) is 2. The van der Waals surface area contributed by atoms with Gasteiger partial charge >= 0.3 is 0 Å². The summed E-state index contributed by atoms with van der Waals surface area (Å²) in [6, 6.07) is 0.492. The van der Waals surface area contributed by atoms with Gasteiger partial charge in [-0.2, -0.15) is 0 Å². The van der Waals surface area contributed by atoms with Crippen LogP contribution in [-0.4, -0.2) is 33.9 Å². The van der Waals surface area contributed by atoms with Crippen molar-refractivity contribution in [1.82, 2.24) is 4.90 Å². The van der Waals surface area contributed by atoms with Gasteiger partial charge in [0.15, 0.2) is 5.84 Å². The molecule has 2 rings (SSSR count). The number of hydrogen-bond acceptors (Lipinski definition) is 3. The normalized spacial score (nSPS) is 39.8. The van der Waals surface area contributed by atoms with Crippen LogP contribution in [0.3, 0.4) is 0 Å². The van der Waals surface area contributed by atoms with Crippen molar-refractivity contribution >= 4 is 11.7 Å². The first-order valence-corrected chi connectivity index (χ1v) is 7.23. The first-order chi connectivity index (χ1) is 8.92. The molecule has 1 amide bonds. The largest absolute Gasteiger partial charge is 0.409 e. The van der Waals surface area contributed by atoms with Crippen molar-refractivity contribution in [3.8, 4) is 0 Å². The molecule has 2 fully saturated rings. The molecule has 5 heteroatoms. The topological polar surface area (TPSA) is 78.9 Å². The van der Waals surface area contributed by atoms with Gasteiger partial charge in [0.25, 0.3) is 0 Å². The Morgan fingerprint density at radius 2 is 1.79 bits per heavy atom. The third kappa shape index (κ3) is 2.19. The molecule has 0 aromatic heterocycles. The molecule has 19 heavy (non-hydrogen) atoms. The van der Waals surface area contributed by atoms with Gasteiger partial charge in [-0.05, 0) is 51.9 Å². The van der Waals surface area contributed by atoms with Crippen molar-refractivity contribution in [2.75, 3.05) is 0 Å². The van der Waals surface area contributed by atoms with Crippen molar-refractivity contribution in [2.24, 2.45) is 22.2 Å². The zero-order valence-corrected chi connectivity index (χ0v) is 12.1. The van der Waals surface area contributed by atoms with Crippen LogP contribution in [0.4, 0.5) is 0 Å². The van der Waals surface area contributed by atoms with Gasteiger partial charge in [-0.15, -0.1) is 0 Å². The molecule has 0 radical (unpaired) electrons. The Kier molecular flexibility index (Phi) is 3.74. The Morgan fingerprint density at radius 3 is 2.21 bits per heavy atom. The molecule has 0 bridgehead atoms. The fourth-order valence-electron chi connectivity index (χ4n) is 3.79. The number of likely N-dealkylation sites (tertiary alicyclic amines) is 1. The van der Waals surface area contributed by atoms with E-state index in [0.717, 1.165) is 12.8 Å². The van der Waals surface area contributed by atoms with Gasteiger partial charge in [0.2, 0.25) is 5.91 Å². The Morgan fingerprint density at radius 1 is 1.26 bits per heavy atom. The number of nitrogens with two attached hydrogens (primary N) is 1. The van der Waals surface area contributed by atoms with Crippen LogP contribution in [0.5, 0.6) is 0 Å². The molecule has 2 atom stereocenters.